The molecule has 21 heavy (non-hydrogen) atoms. The van der Waals surface area contributed by atoms with Gasteiger partial charge in [-0.05, 0) is 36.8 Å². The van der Waals surface area contributed by atoms with Gasteiger partial charge >= 0.3 is 0 Å². The van der Waals surface area contributed by atoms with Crippen LogP contribution in [-0.4, -0.2) is 18.2 Å². The Morgan fingerprint density at radius 1 is 1.19 bits per heavy atom. The summed E-state index contributed by atoms with van der Waals surface area (Å²) >= 11 is 0. The minimum Gasteiger partial charge on any atom is -0.490 e. The van der Waals surface area contributed by atoms with Gasteiger partial charge in [-0.3, -0.25) is 4.79 Å². The first kappa shape index (κ1) is 13.7. The van der Waals surface area contributed by atoms with Crippen LogP contribution in [0.5, 0.6) is 11.5 Å². The summed E-state index contributed by atoms with van der Waals surface area (Å²) in [7, 11) is 0. The monoisotopic (exact) mass is 286 g/mol. The van der Waals surface area contributed by atoms with E-state index in [1.54, 1.807) is 0 Å². The average molecular weight is 286 g/mol. The van der Waals surface area contributed by atoms with Gasteiger partial charge < -0.3 is 20.2 Å². The smallest absolute Gasteiger partial charge is 0.253 e. The average Bonchev–Trinajstić information content (AvgIpc) is 2.71. The molecule has 3 N–H and O–H groups in total. The van der Waals surface area contributed by atoms with Crippen molar-refractivity contribution in [3.8, 4) is 22.8 Å². The maximum absolute atomic E-state index is 12.0. The predicted molar refractivity (Wildman–Crippen MR) is 80.7 cm³/mol. The number of H-pyrrole nitrogens is 1. The molecule has 0 unspecified atom stereocenters. The van der Waals surface area contributed by atoms with Gasteiger partial charge in [0.2, 0.25) is 0 Å². The van der Waals surface area contributed by atoms with Crippen molar-refractivity contribution >= 4 is 0 Å². The van der Waals surface area contributed by atoms with Crippen LogP contribution < -0.4 is 20.8 Å². The quantitative estimate of drug-likeness (QED) is 0.885. The molecule has 0 radical (unpaired) electrons. The number of nitrogens with one attached hydrogen (secondary N) is 1. The molecule has 0 fully saturated rings. The van der Waals surface area contributed by atoms with Crippen molar-refractivity contribution in [2.45, 2.75) is 19.9 Å². The van der Waals surface area contributed by atoms with E-state index in [-0.39, 0.29) is 12.1 Å². The van der Waals surface area contributed by atoms with Crippen molar-refractivity contribution in [3.63, 3.8) is 0 Å². The third-order valence-corrected chi connectivity index (χ3v) is 3.62. The summed E-state index contributed by atoms with van der Waals surface area (Å²) in [6.45, 7) is 3.43. The lowest BCUT2D eigenvalue weighted by molar-refractivity contribution is 0.297. The van der Waals surface area contributed by atoms with E-state index in [0.29, 0.717) is 24.5 Å². The zero-order valence-corrected chi connectivity index (χ0v) is 11.9. The summed E-state index contributed by atoms with van der Waals surface area (Å²) in [5.74, 6) is 1.46. The Labute approximate surface area is 122 Å². The Morgan fingerprint density at radius 3 is 2.67 bits per heavy atom. The number of fused-ring (bicyclic) bond motifs is 1. The van der Waals surface area contributed by atoms with Crippen LogP contribution in [0.2, 0.25) is 0 Å². The first-order chi connectivity index (χ1) is 10.2. The fourth-order valence-corrected chi connectivity index (χ4v) is 2.46. The van der Waals surface area contributed by atoms with E-state index in [1.165, 1.54) is 0 Å². The summed E-state index contributed by atoms with van der Waals surface area (Å²) in [6, 6.07) is 7.62. The van der Waals surface area contributed by atoms with E-state index < -0.39 is 0 Å². The Hall–Kier alpha value is -2.27. The normalized spacial score (nSPS) is 13.8. The summed E-state index contributed by atoms with van der Waals surface area (Å²) in [5, 5.41) is 0. The fraction of sp³-hybridized carbons (Fsp3) is 0.312. The second-order valence-electron chi connectivity index (χ2n) is 5.09. The highest BCUT2D eigenvalue weighted by Crippen LogP contribution is 2.33. The van der Waals surface area contributed by atoms with E-state index in [2.05, 4.69) is 4.98 Å². The van der Waals surface area contributed by atoms with Gasteiger partial charge in [-0.1, -0.05) is 0 Å². The molecule has 1 aliphatic heterocycles. The first-order valence-corrected chi connectivity index (χ1v) is 7.02. The lowest BCUT2D eigenvalue weighted by Crippen LogP contribution is -2.18. The number of ether oxygens (including phenoxy) is 2. The molecule has 0 aliphatic carbocycles. The van der Waals surface area contributed by atoms with Gasteiger partial charge in [-0.2, -0.15) is 0 Å². The largest absolute Gasteiger partial charge is 0.490 e. The molecule has 1 aliphatic rings. The number of pyridine rings is 1. The number of nitrogens with two attached hydrogens (primary N) is 1. The van der Waals surface area contributed by atoms with Crippen molar-refractivity contribution in [2.75, 3.05) is 13.2 Å². The molecule has 1 aromatic carbocycles. The van der Waals surface area contributed by atoms with E-state index >= 15 is 0 Å². The second kappa shape index (κ2) is 5.61. The van der Waals surface area contributed by atoms with E-state index in [1.807, 2.05) is 31.2 Å². The number of hydrogen-bond donors (Lipinski definition) is 2. The van der Waals surface area contributed by atoms with Crippen LogP contribution in [0.1, 0.15) is 17.5 Å². The molecule has 110 valence electrons. The van der Waals surface area contributed by atoms with Gasteiger partial charge in [0, 0.05) is 29.8 Å². The van der Waals surface area contributed by atoms with Gasteiger partial charge in [-0.25, -0.2) is 0 Å². The van der Waals surface area contributed by atoms with Crippen LogP contribution in [0.3, 0.4) is 0 Å². The Morgan fingerprint density at radius 2 is 1.95 bits per heavy atom. The lowest BCUT2D eigenvalue weighted by Gasteiger charge is -2.11. The van der Waals surface area contributed by atoms with Crippen LogP contribution >= 0.6 is 0 Å². The van der Waals surface area contributed by atoms with Crippen LogP contribution in [0.25, 0.3) is 11.3 Å². The Kier molecular flexibility index (Phi) is 3.66. The van der Waals surface area contributed by atoms with Gasteiger partial charge in [0.1, 0.15) is 0 Å². The Balaban J connectivity index is 2.05. The van der Waals surface area contributed by atoms with E-state index in [4.69, 9.17) is 15.2 Å². The molecule has 0 atom stereocenters. The van der Waals surface area contributed by atoms with Crippen LogP contribution in [0, 0.1) is 6.92 Å². The van der Waals surface area contributed by atoms with Crippen molar-refractivity contribution in [1.82, 2.24) is 4.98 Å². The number of rotatable bonds is 2. The molecule has 2 aromatic rings. The SMILES string of the molecule is Cc1cc(-c2ccc3c(c2)OCCCO3)[nH]c(=O)c1CN. The van der Waals surface area contributed by atoms with Crippen molar-refractivity contribution in [2.24, 2.45) is 5.73 Å². The minimum atomic E-state index is -0.139. The maximum Gasteiger partial charge on any atom is 0.253 e. The van der Waals surface area contributed by atoms with Crippen molar-refractivity contribution < 1.29 is 9.47 Å². The fourth-order valence-electron chi connectivity index (χ4n) is 2.46. The summed E-state index contributed by atoms with van der Waals surface area (Å²) < 4.78 is 11.3. The van der Waals surface area contributed by atoms with Crippen LogP contribution in [0.15, 0.2) is 29.1 Å². The topological polar surface area (TPSA) is 77.3 Å². The van der Waals surface area contributed by atoms with Crippen molar-refractivity contribution in [1.29, 1.82) is 0 Å². The predicted octanol–water partition coefficient (Wildman–Crippen LogP) is 1.97. The zero-order chi connectivity index (χ0) is 14.8. The maximum atomic E-state index is 12.0. The molecule has 0 bridgehead atoms. The Bertz CT molecular complexity index is 722. The summed E-state index contributed by atoms with van der Waals surface area (Å²) in [5.41, 5.74) is 8.61. The first-order valence-electron chi connectivity index (χ1n) is 7.02. The second-order valence-corrected chi connectivity index (χ2v) is 5.09. The number of aryl methyl sites for hydroxylation is 1. The molecular formula is C16H18N2O3. The number of aromatic amines is 1. The highest BCUT2D eigenvalue weighted by atomic mass is 16.5. The van der Waals surface area contributed by atoms with Gasteiger partial charge in [-0.15, -0.1) is 0 Å². The zero-order valence-electron chi connectivity index (χ0n) is 11.9. The molecule has 0 saturated heterocycles. The van der Waals surface area contributed by atoms with E-state index in [9.17, 15) is 4.79 Å². The molecule has 0 spiro atoms. The summed E-state index contributed by atoms with van der Waals surface area (Å²) in [6.07, 6.45) is 0.866. The third-order valence-electron chi connectivity index (χ3n) is 3.62. The molecule has 1 aromatic heterocycles. The van der Waals surface area contributed by atoms with Gasteiger partial charge in [0.15, 0.2) is 11.5 Å². The van der Waals surface area contributed by atoms with Gasteiger partial charge in [0.05, 0.1) is 13.2 Å². The number of aromatic nitrogens is 1. The van der Waals surface area contributed by atoms with Gasteiger partial charge in [0.25, 0.3) is 5.56 Å². The molecule has 5 nitrogen and oxygen atoms in total. The number of benzene rings is 1. The highest BCUT2D eigenvalue weighted by molar-refractivity contribution is 5.64. The molecular weight excluding hydrogens is 268 g/mol. The lowest BCUT2D eigenvalue weighted by atomic mass is 10.1. The van der Waals surface area contributed by atoms with Crippen LogP contribution in [-0.2, 0) is 6.54 Å². The minimum absolute atomic E-state index is 0.139. The third kappa shape index (κ3) is 2.64. The standard InChI is InChI=1S/C16H18N2O3/c1-10-7-13(18-16(19)12(10)9-17)11-3-4-14-15(8-11)21-6-2-5-20-14/h3-4,7-8H,2,5-6,9,17H2,1H3,(H,18,19). The number of hydrogen-bond acceptors (Lipinski definition) is 4. The molecule has 0 amide bonds. The molecule has 3 rings (SSSR count). The van der Waals surface area contributed by atoms with Crippen molar-refractivity contribution in [3.05, 3.63) is 45.7 Å². The summed E-state index contributed by atoms with van der Waals surface area (Å²) in [4.78, 5) is 14.9. The van der Waals surface area contributed by atoms with Crippen LogP contribution in [0.4, 0.5) is 0 Å². The van der Waals surface area contributed by atoms with E-state index in [0.717, 1.165) is 29.0 Å². The highest BCUT2D eigenvalue weighted by Gasteiger charge is 2.13. The molecule has 2 heterocycles. The molecule has 5 heteroatoms. The molecule has 0 saturated carbocycles.